The molecule has 9 nitrogen and oxygen atoms in total. The number of hydrogen-bond acceptors (Lipinski definition) is 9. The van der Waals surface area contributed by atoms with Gasteiger partial charge in [-0.2, -0.15) is 0 Å². The Morgan fingerprint density at radius 3 is 0.481 bits per heavy atom. The lowest BCUT2D eigenvalue weighted by atomic mass is 10.1. The number of aldehydes is 7. The van der Waals surface area contributed by atoms with Gasteiger partial charge < -0.3 is 38.3 Å². The van der Waals surface area contributed by atoms with Gasteiger partial charge in [-0.1, -0.05) is 279 Å². The molecule has 0 fully saturated rings. The minimum atomic E-state index is -0.170. The monoisotopic (exact) mass is 1100 g/mol. The number of hydrogen-bond donors (Lipinski definition) is 0. The maximum absolute atomic E-state index is 10.6. The molecule has 0 saturated heterocycles. The predicted molar refractivity (Wildman–Crippen MR) is 333 cm³/mol. The van der Waals surface area contributed by atoms with Gasteiger partial charge in [0.15, 0.2) is 0 Å². The second kappa shape index (κ2) is 102. The molecule has 0 aromatic carbocycles. The molecule has 0 aliphatic heterocycles. The maximum atomic E-state index is 10.6. The zero-order chi connectivity index (χ0) is 58.7. The molecule has 0 spiro atoms. The highest BCUT2D eigenvalue weighted by Crippen LogP contribution is 2.12. The van der Waals surface area contributed by atoms with E-state index in [4.69, 9.17) is 0 Å². The van der Waals surface area contributed by atoms with Crippen LogP contribution in [-0.4, -0.2) is 57.1 Å². The van der Waals surface area contributed by atoms with Crippen molar-refractivity contribution < 1.29 is 43.1 Å². The van der Waals surface area contributed by atoms with Crippen LogP contribution in [0, 0.1) is 0 Å². The first kappa shape index (κ1) is 88.0. The Hall–Kier alpha value is -2.84. The highest BCUT2D eigenvalue weighted by molar-refractivity contribution is 5.69. The molecule has 0 aromatic rings. The van der Waals surface area contributed by atoms with Gasteiger partial charge in [-0.15, -0.1) is 0 Å². The van der Waals surface area contributed by atoms with Gasteiger partial charge in [0.05, 0.1) is 7.11 Å². The minimum absolute atomic E-state index is 0.170. The van der Waals surface area contributed by atoms with Gasteiger partial charge in [-0.25, -0.2) is 0 Å². The second-order valence-corrected chi connectivity index (χ2v) is 20.8. The van der Waals surface area contributed by atoms with Crippen LogP contribution in [0.3, 0.4) is 0 Å². The first-order chi connectivity index (χ1) is 37.8. The fourth-order valence-corrected chi connectivity index (χ4v) is 7.88. The van der Waals surface area contributed by atoms with Crippen LogP contribution >= 0.6 is 0 Å². The molecule has 0 aliphatic carbocycles. The summed E-state index contributed by atoms with van der Waals surface area (Å²) in [5, 5.41) is 0. The van der Waals surface area contributed by atoms with Crippen molar-refractivity contribution >= 4 is 50.0 Å². The third kappa shape index (κ3) is 126. The summed E-state index contributed by atoms with van der Waals surface area (Å²) in [5.74, 6) is -0.170. The summed E-state index contributed by atoms with van der Waals surface area (Å²) in [4.78, 5) is 80.1. The Morgan fingerprint density at radius 1 is 0.221 bits per heavy atom. The Labute approximate surface area is 480 Å². The van der Waals surface area contributed by atoms with E-state index in [0.29, 0.717) is 12.8 Å². The van der Waals surface area contributed by atoms with Crippen LogP contribution in [0.4, 0.5) is 0 Å². The zero-order valence-electron chi connectivity index (χ0n) is 52.7. The Kier molecular flexibility index (Phi) is 116. The zero-order valence-corrected chi connectivity index (χ0v) is 52.7. The van der Waals surface area contributed by atoms with Crippen molar-refractivity contribution in [3.8, 4) is 0 Å². The van der Waals surface area contributed by atoms with Gasteiger partial charge in [0.2, 0.25) is 0 Å². The lowest BCUT2D eigenvalue weighted by Gasteiger charge is -1.97. The summed E-state index contributed by atoms with van der Waals surface area (Å²) < 4.78 is 4.45. The normalized spacial score (nSPS) is 9.81. The van der Waals surface area contributed by atoms with E-state index >= 15 is 0 Å². The Balaban J connectivity index is -0.000000148. The van der Waals surface area contributed by atoms with Crippen LogP contribution < -0.4 is 0 Å². The van der Waals surface area contributed by atoms with Gasteiger partial charge in [-0.05, 0) is 51.4 Å². The molecule has 0 radical (unpaired) electrons. The van der Waals surface area contributed by atoms with E-state index in [9.17, 15) is 38.4 Å². The molecule has 0 amide bonds. The van der Waals surface area contributed by atoms with E-state index in [1.54, 1.807) is 0 Å². The molecule has 0 aromatic heterocycles. The Morgan fingerprint density at radius 2 is 0.351 bits per heavy atom. The molecule has 0 saturated carbocycles. The number of carbonyl (C=O) groups is 8. The van der Waals surface area contributed by atoms with Crippen LogP contribution in [0.2, 0.25) is 0 Å². The third-order valence-corrected chi connectivity index (χ3v) is 13.0. The van der Waals surface area contributed by atoms with Gasteiger partial charge in [0.1, 0.15) is 44.0 Å². The van der Waals surface area contributed by atoms with E-state index in [-0.39, 0.29) is 5.97 Å². The smallest absolute Gasteiger partial charge is 0.305 e. The molecule has 0 heterocycles. The van der Waals surface area contributed by atoms with Gasteiger partial charge >= 0.3 is 5.97 Å². The van der Waals surface area contributed by atoms with E-state index < -0.39 is 0 Å². The summed E-state index contributed by atoms with van der Waals surface area (Å²) in [6.45, 7) is 13.4. The molecule has 460 valence electrons. The lowest BCUT2D eigenvalue weighted by Crippen LogP contribution is -1.99. The van der Waals surface area contributed by atoms with Crippen molar-refractivity contribution in [2.75, 3.05) is 7.11 Å². The first-order valence-corrected chi connectivity index (χ1v) is 32.9. The predicted octanol–water partition coefficient (Wildman–Crippen LogP) is 21.3. The summed E-state index contributed by atoms with van der Waals surface area (Å²) in [6, 6.07) is 0. The molecular formula is C68H134O9. The van der Waals surface area contributed by atoms with Crippen LogP contribution in [0.15, 0.2) is 0 Å². The number of carbonyl (C=O) groups excluding carboxylic acids is 8. The number of methoxy groups -OCH3 is 1. The highest BCUT2D eigenvalue weighted by Gasteiger charge is 1.98. The molecule has 0 rings (SSSR count). The largest absolute Gasteiger partial charge is 0.469 e. The average Bonchev–Trinajstić information content (AvgIpc) is 3.45. The van der Waals surface area contributed by atoms with Gasteiger partial charge in [0, 0.05) is 51.4 Å². The molecule has 0 unspecified atom stereocenters. The van der Waals surface area contributed by atoms with Crippen molar-refractivity contribution in [2.45, 2.75) is 382 Å². The molecule has 77 heavy (non-hydrogen) atoms. The van der Waals surface area contributed by atoms with Crippen LogP contribution in [-0.2, 0) is 43.1 Å². The quantitative estimate of drug-likeness (QED) is 0.0330. The third-order valence-electron chi connectivity index (χ3n) is 13.0. The molecule has 0 bridgehead atoms. The Bertz CT molecular complexity index is 879. The van der Waals surface area contributed by atoms with Crippen molar-refractivity contribution in [1.82, 2.24) is 0 Å². The van der Waals surface area contributed by atoms with Gasteiger partial charge in [-0.3, -0.25) is 4.79 Å². The van der Waals surface area contributed by atoms with E-state index in [1.165, 1.54) is 238 Å². The molecule has 0 aliphatic rings. The first-order valence-electron chi connectivity index (χ1n) is 32.9. The van der Waals surface area contributed by atoms with E-state index in [1.807, 2.05) is 0 Å². The van der Waals surface area contributed by atoms with Crippen molar-refractivity contribution in [3.05, 3.63) is 0 Å². The fourth-order valence-electron chi connectivity index (χ4n) is 7.88. The second-order valence-electron chi connectivity index (χ2n) is 20.8. The van der Waals surface area contributed by atoms with Gasteiger partial charge in [0.25, 0.3) is 0 Å². The number of ether oxygens (including phenoxy) is 1. The topological polar surface area (TPSA) is 146 Å². The van der Waals surface area contributed by atoms with Crippen molar-refractivity contribution in [2.24, 2.45) is 0 Å². The van der Waals surface area contributed by atoms with Crippen LogP contribution in [0.5, 0.6) is 0 Å². The van der Waals surface area contributed by atoms with Crippen molar-refractivity contribution in [1.29, 1.82) is 0 Å². The molecule has 9 heteroatoms. The lowest BCUT2D eigenvalue weighted by molar-refractivity contribution is -0.140. The van der Waals surface area contributed by atoms with Crippen molar-refractivity contribution in [3.63, 3.8) is 0 Å². The molecule has 0 N–H and O–H groups in total. The highest BCUT2D eigenvalue weighted by atomic mass is 16.5. The SMILES string of the molecule is CCCCCCCCCC=O.CCCCCCCCCC=O.CCCCCCCCCC=O.CCCCCCCCCC=O.CCCCCCCCCC=O.CCCCCCCCCC=O.COC(=O)CCCCCC=O. The van der Waals surface area contributed by atoms with E-state index in [2.05, 4.69) is 46.3 Å². The van der Waals surface area contributed by atoms with Crippen LogP contribution in [0.25, 0.3) is 0 Å². The number of unbranched alkanes of at least 4 members (excludes halogenated alkanes) is 45. The van der Waals surface area contributed by atoms with Crippen LogP contribution in [0.1, 0.15) is 382 Å². The summed E-state index contributed by atoms with van der Waals surface area (Å²) >= 11 is 0. The summed E-state index contributed by atoms with van der Waals surface area (Å²) in [5.41, 5.74) is 0. The molecular weight excluding hydrogens is 961 g/mol. The molecule has 0 atom stereocenters. The number of rotatable bonds is 54. The minimum Gasteiger partial charge on any atom is -0.469 e. The summed E-state index contributed by atoms with van der Waals surface area (Å²) in [6.07, 6.45) is 69.6. The summed E-state index contributed by atoms with van der Waals surface area (Å²) in [7, 11) is 1.38. The van der Waals surface area contributed by atoms with E-state index in [0.717, 1.165) is 140 Å². The maximum Gasteiger partial charge on any atom is 0.305 e. The standard InChI is InChI=1S/6C10H20O.C8H14O3/c6*1-2-3-4-5-6-7-8-9-10-11;1-11-8(10)6-4-2-3-5-7-9/h6*10H,2-9H2,1H3;7H,2-6H2,1H3. The average molecular weight is 1100 g/mol. The fraction of sp³-hybridized carbons (Fsp3) is 0.882. The number of esters is 1.